The Morgan fingerprint density at radius 2 is 1.08 bits per heavy atom. The molecular weight excluding hydrogens is 785 g/mol. The standard InChI is InChI=1S/C22H18N4O6S2.2HI.V/c1-11-7-15-16(8-12(11)2)24-21(23-15)13-3-5-14(6-4-13)22-25-17-9-19(33(27,28)29)20(34(30,31)32)10-18(17)26-22;;;/h3-10H,1-2H3,(H,23,24)(H,25,26)(H,27,28,29)(H,30,31,32);2*1H;/q;;;+2/p-2. The number of nitrogens with zero attached hydrogens (tertiary/aromatic N) is 2. The molecule has 0 saturated heterocycles. The predicted octanol–water partition coefficient (Wildman–Crippen LogP) is 5.65. The summed E-state index contributed by atoms with van der Waals surface area (Å²) in [5.74, 6) is 1.04. The van der Waals surface area contributed by atoms with Crippen molar-refractivity contribution in [2.75, 3.05) is 0 Å². The van der Waals surface area contributed by atoms with Gasteiger partial charge in [-0.05, 0) is 49.2 Å². The van der Waals surface area contributed by atoms with Gasteiger partial charge in [0.2, 0.25) is 0 Å². The Bertz CT molecular complexity index is 1750. The first-order chi connectivity index (χ1) is 17.3. The Hall–Kier alpha value is -1.54. The topological polar surface area (TPSA) is 166 Å². The number of halogens is 2. The van der Waals surface area contributed by atoms with Gasteiger partial charge >= 0.3 is 49.4 Å². The third-order valence-corrected chi connectivity index (χ3v) is 7.55. The molecular formula is C22H18I2N4O6S2V. The van der Waals surface area contributed by atoms with Gasteiger partial charge in [-0.2, -0.15) is 16.8 Å². The van der Waals surface area contributed by atoms with E-state index in [1.807, 2.05) is 38.1 Å². The third kappa shape index (κ3) is 6.21. The van der Waals surface area contributed by atoms with Crippen LogP contribution < -0.4 is 0 Å². The van der Waals surface area contributed by atoms with E-state index < -0.39 is 30.0 Å². The van der Waals surface area contributed by atoms with E-state index in [2.05, 4.69) is 59.9 Å². The maximum absolute atomic E-state index is 11.6. The van der Waals surface area contributed by atoms with Gasteiger partial charge in [-0.1, -0.05) is 24.3 Å². The SMILES string of the molecule is Cc1cc2nc(-c3ccc(-c4nc5cc(S(=O)(=O)O)c(S(=O)(=O)O)cc5[nH]4)cc3)[nH]c2cc1C.[I][V][I]. The molecule has 3 aromatic carbocycles. The average molecular weight is 803 g/mol. The number of aromatic amines is 2. The molecule has 0 aliphatic rings. The van der Waals surface area contributed by atoms with Crippen LogP contribution in [0.4, 0.5) is 0 Å². The van der Waals surface area contributed by atoms with Gasteiger partial charge in [-0.3, -0.25) is 9.11 Å². The summed E-state index contributed by atoms with van der Waals surface area (Å²) in [5.41, 5.74) is 5.87. The van der Waals surface area contributed by atoms with Crippen molar-refractivity contribution < 1.29 is 35.4 Å². The van der Waals surface area contributed by atoms with Gasteiger partial charge < -0.3 is 9.97 Å². The Balaban J connectivity index is 0.00000102. The molecule has 2 aromatic heterocycles. The summed E-state index contributed by atoms with van der Waals surface area (Å²) in [7, 11) is -9.21. The summed E-state index contributed by atoms with van der Waals surface area (Å²) >= 11 is 4.74. The van der Waals surface area contributed by atoms with E-state index in [0.717, 1.165) is 39.9 Å². The van der Waals surface area contributed by atoms with E-state index >= 15 is 0 Å². The average Bonchev–Trinajstić information content (AvgIpc) is 3.41. The zero-order valence-electron chi connectivity index (χ0n) is 19.1. The molecule has 0 fully saturated rings. The Morgan fingerprint density at radius 1 is 0.703 bits per heavy atom. The molecule has 0 radical (unpaired) electrons. The summed E-state index contributed by atoms with van der Waals surface area (Å²) in [4.78, 5) is 13.3. The molecule has 2 heterocycles. The molecule has 15 heteroatoms. The summed E-state index contributed by atoms with van der Waals surface area (Å²) in [5, 5.41) is 0. The number of fused-ring (bicyclic) bond motifs is 2. The summed E-state index contributed by atoms with van der Waals surface area (Å²) in [6.07, 6.45) is 0. The van der Waals surface area contributed by atoms with Gasteiger partial charge in [0.1, 0.15) is 21.4 Å². The van der Waals surface area contributed by atoms with Crippen LogP contribution in [0.1, 0.15) is 11.1 Å². The van der Waals surface area contributed by atoms with Crippen molar-refractivity contribution in [2.24, 2.45) is 0 Å². The Morgan fingerprint density at radius 3 is 1.54 bits per heavy atom. The molecule has 10 nitrogen and oxygen atoms in total. The zero-order chi connectivity index (χ0) is 27.1. The second-order valence-corrected chi connectivity index (χ2v) is 22.6. The van der Waals surface area contributed by atoms with Crippen LogP contribution in [0.5, 0.6) is 0 Å². The number of H-pyrrole nitrogens is 2. The fourth-order valence-electron chi connectivity index (χ4n) is 3.75. The molecule has 0 spiro atoms. The quantitative estimate of drug-likeness (QED) is 0.134. The number of hydrogen-bond acceptors (Lipinski definition) is 6. The molecule has 4 N–H and O–H groups in total. The van der Waals surface area contributed by atoms with Gasteiger partial charge in [-0.25, -0.2) is 9.97 Å². The summed E-state index contributed by atoms with van der Waals surface area (Å²) in [6.45, 7) is 4.07. The second kappa shape index (κ2) is 10.9. The number of rotatable bonds is 4. The normalized spacial score (nSPS) is 11.9. The van der Waals surface area contributed by atoms with Crippen LogP contribution >= 0.6 is 40.0 Å². The number of aryl methyl sites for hydroxylation is 2. The Labute approximate surface area is 241 Å². The first-order valence-corrected chi connectivity index (χ1v) is 22.2. The van der Waals surface area contributed by atoms with Crippen molar-refractivity contribution in [2.45, 2.75) is 23.6 Å². The first kappa shape index (κ1) is 28.5. The van der Waals surface area contributed by atoms with Crippen molar-refractivity contribution in [3.05, 3.63) is 59.7 Å². The number of nitrogens with one attached hydrogen (secondary N) is 2. The minimum atomic E-state index is -4.92. The molecule has 0 aliphatic carbocycles. The molecule has 0 amide bonds. The molecule has 5 aromatic rings. The monoisotopic (exact) mass is 803 g/mol. The molecule has 0 saturated carbocycles. The van der Waals surface area contributed by atoms with E-state index in [1.54, 1.807) is 12.1 Å². The molecule has 0 bridgehead atoms. The van der Waals surface area contributed by atoms with Crippen LogP contribution in [-0.2, 0) is 29.7 Å². The van der Waals surface area contributed by atoms with E-state index in [9.17, 15) is 25.9 Å². The van der Waals surface area contributed by atoms with Gasteiger partial charge in [0.15, 0.2) is 0 Å². The van der Waals surface area contributed by atoms with Gasteiger partial charge in [0.05, 0.1) is 22.1 Å². The molecule has 0 atom stereocenters. The first-order valence-electron chi connectivity index (χ1n) is 10.3. The maximum atomic E-state index is 11.6. The van der Waals surface area contributed by atoms with E-state index in [1.165, 1.54) is 0 Å². The van der Waals surface area contributed by atoms with Crippen LogP contribution in [0, 0.1) is 13.8 Å². The number of benzene rings is 3. The van der Waals surface area contributed by atoms with Gasteiger partial charge in [-0.15, -0.1) is 0 Å². The van der Waals surface area contributed by atoms with Crippen LogP contribution in [0.2, 0.25) is 0 Å². The van der Waals surface area contributed by atoms with Crippen molar-refractivity contribution in [1.82, 2.24) is 19.9 Å². The summed E-state index contributed by atoms with van der Waals surface area (Å²) in [6, 6.07) is 13.1. The second-order valence-electron chi connectivity index (χ2n) is 8.03. The molecule has 0 aliphatic heterocycles. The van der Waals surface area contributed by atoms with Crippen LogP contribution in [-0.4, -0.2) is 45.9 Å². The van der Waals surface area contributed by atoms with Gasteiger partial charge in [0, 0.05) is 11.1 Å². The van der Waals surface area contributed by atoms with E-state index in [-0.39, 0.29) is 11.0 Å². The molecule has 37 heavy (non-hydrogen) atoms. The zero-order valence-corrected chi connectivity index (χ0v) is 26.4. The van der Waals surface area contributed by atoms with Crippen molar-refractivity contribution in [3.63, 3.8) is 0 Å². The number of imidazole rings is 2. The molecule has 0 unspecified atom stereocenters. The molecule has 193 valence electrons. The van der Waals surface area contributed by atoms with Crippen LogP contribution in [0.25, 0.3) is 44.8 Å². The summed E-state index contributed by atoms with van der Waals surface area (Å²) < 4.78 is 65.3. The fraction of sp³-hybridized carbons (Fsp3) is 0.0909. The van der Waals surface area contributed by atoms with Crippen molar-refractivity contribution >= 4 is 82.3 Å². The number of hydrogen-bond donors (Lipinski definition) is 4. The van der Waals surface area contributed by atoms with E-state index in [0.29, 0.717) is 26.7 Å². The number of aromatic nitrogens is 4. The third-order valence-electron chi connectivity index (χ3n) is 5.63. The fourth-order valence-corrected chi connectivity index (χ4v) is 5.54. The van der Waals surface area contributed by atoms with Crippen LogP contribution in [0.3, 0.4) is 0 Å². The van der Waals surface area contributed by atoms with Gasteiger partial charge in [0.25, 0.3) is 20.2 Å². The minimum absolute atomic E-state index is 0.0992. The predicted molar refractivity (Wildman–Crippen MR) is 154 cm³/mol. The van der Waals surface area contributed by atoms with Crippen LogP contribution in [0.15, 0.2) is 58.3 Å². The molecule has 5 rings (SSSR count). The van der Waals surface area contributed by atoms with E-state index in [4.69, 9.17) is 0 Å². The Kier molecular flexibility index (Phi) is 8.40. The van der Waals surface area contributed by atoms with Crippen molar-refractivity contribution in [1.29, 1.82) is 0 Å². The van der Waals surface area contributed by atoms with Crippen molar-refractivity contribution in [3.8, 4) is 22.8 Å².